The van der Waals surface area contributed by atoms with Crippen LogP contribution in [0.3, 0.4) is 0 Å². The molecule has 0 atom stereocenters. The molecule has 0 saturated heterocycles. The van der Waals surface area contributed by atoms with Crippen LogP contribution in [0.2, 0.25) is 0 Å². The number of halogens is 1. The third-order valence-electron chi connectivity index (χ3n) is 0. The van der Waals surface area contributed by atoms with Crippen LogP contribution < -0.4 is 0 Å². The van der Waals surface area contributed by atoms with Crippen LogP contribution in [0.25, 0.3) is 0 Å². The van der Waals surface area contributed by atoms with Crippen LogP contribution in [0, 0.1) is 40.4 Å². The molecule has 0 rings (SSSR count). The SMILES string of the molecule is CO.Cl.[Sm]. The van der Waals surface area contributed by atoms with Crippen molar-refractivity contribution in [3.05, 3.63) is 0 Å². The number of aliphatic hydroxyl groups is 1. The van der Waals surface area contributed by atoms with E-state index >= 15 is 0 Å². The summed E-state index contributed by atoms with van der Waals surface area (Å²) in [7, 11) is 1.00. The molecule has 0 aromatic heterocycles. The van der Waals surface area contributed by atoms with Crippen molar-refractivity contribution in [2.24, 2.45) is 0 Å². The minimum absolute atomic E-state index is 0. The Bertz CT molecular complexity index is 8.00. The number of hydrogen-bond donors (Lipinski definition) is 1. The Hall–Kier alpha value is 1.59. The molecule has 1 nitrogen and oxygen atoms in total. The molecule has 0 amide bonds. The second-order valence-electron chi connectivity index (χ2n) is 0. The van der Waals surface area contributed by atoms with Crippen LogP contribution in [-0.4, -0.2) is 12.2 Å². The van der Waals surface area contributed by atoms with E-state index in [1.165, 1.54) is 0 Å². The quantitative estimate of drug-likeness (QED) is 0.609. The summed E-state index contributed by atoms with van der Waals surface area (Å²) < 4.78 is 0. The number of aliphatic hydroxyl groups excluding tert-OH is 1. The fraction of sp³-hybridized carbons (Fsp3) is 1.00. The van der Waals surface area contributed by atoms with E-state index < -0.39 is 0 Å². The molecule has 0 saturated carbocycles. The fourth-order valence-electron chi connectivity index (χ4n) is 0. The van der Waals surface area contributed by atoms with E-state index in [9.17, 15) is 0 Å². The van der Waals surface area contributed by atoms with Gasteiger partial charge in [0, 0.05) is 47.5 Å². The van der Waals surface area contributed by atoms with E-state index in [0.717, 1.165) is 7.11 Å². The average Bonchev–Trinajstić information content (AvgIpc) is 1.00. The molecule has 0 fully saturated rings. The monoisotopic (exact) mass is 220 g/mol. The summed E-state index contributed by atoms with van der Waals surface area (Å²) >= 11 is 0. The molecule has 0 aliphatic carbocycles. The zero-order valence-electron chi connectivity index (χ0n) is 2.26. The van der Waals surface area contributed by atoms with Crippen LogP contribution in [0.5, 0.6) is 0 Å². The molecule has 4 heavy (non-hydrogen) atoms. The normalized spacial score (nSPS) is 1.50. The smallest absolute Gasteiger partial charge is 0.0319 e. The maximum absolute atomic E-state index is 7.00. The third kappa shape index (κ3) is 9.53. The topological polar surface area (TPSA) is 20.2 Å². The molecule has 0 radical (unpaired) electrons. The van der Waals surface area contributed by atoms with Crippen LogP contribution in [-0.2, 0) is 0 Å². The van der Waals surface area contributed by atoms with Gasteiger partial charge in [-0.25, -0.2) is 0 Å². The summed E-state index contributed by atoms with van der Waals surface area (Å²) in [4.78, 5) is 0. The molecular formula is CH5ClOSm. The summed E-state index contributed by atoms with van der Waals surface area (Å²) in [5.74, 6) is 0. The second kappa shape index (κ2) is 23.4. The van der Waals surface area contributed by atoms with Crippen molar-refractivity contribution in [2.45, 2.75) is 0 Å². The van der Waals surface area contributed by atoms with Crippen molar-refractivity contribution in [3.63, 3.8) is 0 Å². The molecule has 0 spiro atoms. The number of rotatable bonds is 0. The molecule has 28 valence electrons. The maximum atomic E-state index is 7.00. The Kier molecular flexibility index (Phi) is 103. The van der Waals surface area contributed by atoms with Gasteiger partial charge < -0.3 is 5.11 Å². The minimum Gasteiger partial charge on any atom is -0.400 e. The van der Waals surface area contributed by atoms with Gasteiger partial charge in [-0.15, -0.1) is 12.4 Å². The first-order chi connectivity index (χ1) is 1.00. The summed E-state index contributed by atoms with van der Waals surface area (Å²) in [6.07, 6.45) is 0. The van der Waals surface area contributed by atoms with Crippen molar-refractivity contribution >= 4 is 12.4 Å². The Labute approximate surface area is 64.3 Å². The molecular weight excluding hydrogens is 214 g/mol. The van der Waals surface area contributed by atoms with E-state index in [2.05, 4.69) is 0 Å². The van der Waals surface area contributed by atoms with Gasteiger partial charge in [-0.2, -0.15) is 0 Å². The average molecular weight is 219 g/mol. The molecule has 0 aromatic rings. The first-order valence-corrected chi connectivity index (χ1v) is 0.447. The van der Waals surface area contributed by atoms with Crippen LogP contribution in [0.1, 0.15) is 0 Å². The van der Waals surface area contributed by atoms with Gasteiger partial charge in [-0.1, -0.05) is 0 Å². The first-order valence-electron chi connectivity index (χ1n) is 0.447. The summed E-state index contributed by atoms with van der Waals surface area (Å²) in [6, 6.07) is 0. The number of hydrogen-bond acceptors (Lipinski definition) is 1. The van der Waals surface area contributed by atoms with Gasteiger partial charge >= 0.3 is 0 Å². The predicted molar refractivity (Wildman–Crippen MR) is 15.4 cm³/mol. The molecule has 0 aromatic carbocycles. The summed E-state index contributed by atoms with van der Waals surface area (Å²) in [5, 5.41) is 7.00. The van der Waals surface area contributed by atoms with Gasteiger partial charge in [0.05, 0.1) is 0 Å². The van der Waals surface area contributed by atoms with Crippen molar-refractivity contribution in [3.8, 4) is 0 Å². The standard InChI is InChI=1S/CH4O.ClH.Sm/c1-2;;/h2H,1H3;1H;. The van der Waals surface area contributed by atoms with Crippen LogP contribution in [0.15, 0.2) is 0 Å². The molecule has 0 aliphatic heterocycles. The van der Waals surface area contributed by atoms with E-state index in [-0.39, 0.29) is 52.8 Å². The van der Waals surface area contributed by atoms with Crippen molar-refractivity contribution in [1.29, 1.82) is 0 Å². The Morgan fingerprint density at radius 2 is 1.25 bits per heavy atom. The molecule has 0 bridgehead atoms. The van der Waals surface area contributed by atoms with Gasteiger partial charge in [0.2, 0.25) is 0 Å². The molecule has 1 N–H and O–H groups in total. The van der Waals surface area contributed by atoms with E-state index in [4.69, 9.17) is 5.11 Å². The molecule has 0 heterocycles. The van der Waals surface area contributed by atoms with Gasteiger partial charge in [-0.05, 0) is 0 Å². The molecule has 0 unspecified atom stereocenters. The summed E-state index contributed by atoms with van der Waals surface area (Å²) in [5.41, 5.74) is 0. The van der Waals surface area contributed by atoms with Crippen LogP contribution >= 0.6 is 12.4 Å². The van der Waals surface area contributed by atoms with Crippen molar-refractivity contribution in [2.75, 3.05) is 7.11 Å². The Morgan fingerprint density at radius 1 is 1.25 bits per heavy atom. The summed E-state index contributed by atoms with van der Waals surface area (Å²) in [6.45, 7) is 0. The fourth-order valence-corrected chi connectivity index (χ4v) is 0. The molecule has 0 aliphatic rings. The van der Waals surface area contributed by atoms with Crippen LogP contribution in [0.4, 0.5) is 0 Å². The van der Waals surface area contributed by atoms with E-state index in [1.807, 2.05) is 0 Å². The van der Waals surface area contributed by atoms with Gasteiger partial charge in [-0.3, -0.25) is 0 Å². The first kappa shape index (κ1) is 17.6. The van der Waals surface area contributed by atoms with E-state index in [1.54, 1.807) is 0 Å². The van der Waals surface area contributed by atoms with Gasteiger partial charge in [0.1, 0.15) is 0 Å². The van der Waals surface area contributed by atoms with E-state index in [0.29, 0.717) is 0 Å². The van der Waals surface area contributed by atoms with Gasteiger partial charge in [0.25, 0.3) is 0 Å². The Morgan fingerprint density at radius 3 is 1.25 bits per heavy atom. The Balaban J connectivity index is -0.00000000500. The second-order valence-corrected chi connectivity index (χ2v) is 0. The maximum Gasteiger partial charge on any atom is 0.0319 e. The zero-order valence-corrected chi connectivity index (χ0v) is 5.70. The largest absolute Gasteiger partial charge is 0.400 e. The van der Waals surface area contributed by atoms with Crippen molar-refractivity contribution in [1.82, 2.24) is 0 Å². The minimum atomic E-state index is 0. The van der Waals surface area contributed by atoms with Gasteiger partial charge in [0.15, 0.2) is 0 Å². The third-order valence-corrected chi connectivity index (χ3v) is 0. The zero-order chi connectivity index (χ0) is 2.00. The van der Waals surface area contributed by atoms with Crippen molar-refractivity contribution < 1.29 is 45.5 Å². The molecule has 3 heteroatoms. The predicted octanol–water partition coefficient (Wildman–Crippen LogP) is 0.0303.